The van der Waals surface area contributed by atoms with Crippen LogP contribution in [0, 0.1) is 0 Å². The van der Waals surface area contributed by atoms with E-state index < -0.39 is 61.6 Å². The van der Waals surface area contributed by atoms with Crippen LogP contribution in [0.1, 0.15) is 13.3 Å². The Labute approximate surface area is 623 Å². The van der Waals surface area contributed by atoms with Crippen LogP contribution in [0.3, 0.4) is 0 Å². The molecular formula is C67H129N3O36. The van der Waals surface area contributed by atoms with E-state index in [1.165, 1.54) is 0 Å². The van der Waals surface area contributed by atoms with Gasteiger partial charge in [-0.3, -0.25) is 24.1 Å². The lowest BCUT2D eigenvalue weighted by Gasteiger charge is -2.38. The summed E-state index contributed by atoms with van der Waals surface area (Å²) in [4.78, 5) is 46.5. The van der Waals surface area contributed by atoms with E-state index in [1.807, 2.05) is 0 Å². The molecule has 1 aliphatic rings. The average molecular weight is 1550 g/mol. The molecule has 0 bridgehead atoms. The molecule has 628 valence electrons. The molecule has 0 saturated carbocycles. The van der Waals surface area contributed by atoms with Crippen LogP contribution in [0.5, 0.6) is 0 Å². The summed E-state index contributed by atoms with van der Waals surface area (Å²) in [6, 6.07) is 0. The van der Waals surface area contributed by atoms with Gasteiger partial charge in [0.05, 0.1) is 363 Å². The first-order chi connectivity index (χ1) is 52.0. The number of carboxylic acids is 2. The first-order valence-corrected chi connectivity index (χ1v) is 36.4. The third-order valence-corrected chi connectivity index (χ3v) is 13.6. The molecule has 0 radical (unpaired) electrons. The highest BCUT2D eigenvalue weighted by atomic mass is 16.7. The molecule has 5 atom stereocenters. The molecule has 106 heavy (non-hydrogen) atoms. The molecule has 1 aliphatic heterocycles. The first kappa shape index (κ1) is 101. The van der Waals surface area contributed by atoms with Gasteiger partial charge in [0.25, 0.3) is 0 Å². The van der Waals surface area contributed by atoms with E-state index in [0.717, 1.165) is 4.90 Å². The van der Waals surface area contributed by atoms with Crippen LogP contribution in [-0.2, 0) is 147 Å². The van der Waals surface area contributed by atoms with Crippen LogP contribution >= 0.6 is 0 Å². The fourth-order valence-electron chi connectivity index (χ4n) is 8.22. The SMILES string of the molecule is C[C@@H]1O[C@@H](OCCOCCNC(=O)CCOCCOCCOCCOCCOCCOCCOCCOCCOCCOCCOCCOCCOCCOCCOCCOCCOCCOCCOCCOCCOCCOCCOCCOCCNC(=O)CN(CC(=O)O)CC(=O)O)[C@H](O)[C@H](O)[C@H]1O. The number of hydrogen-bond acceptors (Lipinski definition) is 35. The van der Waals surface area contributed by atoms with Crippen molar-refractivity contribution in [3.05, 3.63) is 0 Å². The van der Waals surface area contributed by atoms with Gasteiger partial charge in [-0.15, -0.1) is 0 Å². The van der Waals surface area contributed by atoms with Crippen molar-refractivity contribution in [2.75, 3.05) is 370 Å². The Balaban J connectivity index is 1.62. The highest BCUT2D eigenvalue weighted by Crippen LogP contribution is 2.21. The van der Waals surface area contributed by atoms with Crippen molar-refractivity contribution in [1.29, 1.82) is 0 Å². The fraction of sp³-hybridized carbons (Fsp3) is 0.940. The molecule has 2 amide bonds. The van der Waals surface area contributed by atoms with Crippen molar-refractivity contribution in [2.45, 2.75) is 44.1 Å². The zero-order valence-corrected chi connectivity index (χ0v) is 62.5. The number of nitrogens with zero attached hydrogens (tertiary/aromatic N) is 1. The van der Waals surface area contributed by atoms with Gasteiger partial charge in [0.1, 0.15) is 18.3 Å². The number of amides is 2. The predicted octanol–water partition coefficient (Wildman–Crippen LogP) is -3.66. The number of rotatable bonds is 88. The zero-order chi connectivity index (χ0) is 76.6. The number of hydrogen-bond donors (Lipinski definition) is 7. The molecule has 0 aliphatic carbocycles. The maximum Gasteiger partial charge on any atom is 0.317 e. The van der Waals surface area contributed by atoms with Crippen LogP contribution in [0.25, 0.3) is 0 Å². The average Bonchev–Trinajstić information content (AvgIpc) is 0.828. The number of nitrogens with one attached hydrogen (secondary N) is 2. The van der Waals surface area contributed by atoms with Crippen LogP contribution in [0.15, 0.2) is 0 Å². The van der Waals surface area contributed by atoms with E-state index in [1.54, 1.807) is 6.92 Å². The van der Waals surface area contributed by atoms with Gasteiger partial charge in [-0.05, 0) is 6.92 Å². The number of carbonyl (C=O) groups excluding carboxylic acids is 2. The van der Waals surface area contributed by atoms with Crippen molar-refractivity contribution >= 4 is 23.8 Å². The number of aliphatic carboxylic acids is 2. The highest BCUT2D eigenvalue weighted by Gasteiger charge is 2.42. The fourth-order valence-corrected chi connectivity index (χ4v) is 8.22. The standard InChI is InChI=1S/C67H129N3O36/c1-59-64(77)65(78)66(79)67(106-59)105-55-54-82-6-3-68-60(71)2-5-80-8-10-83-12-14-85-16-18-87-20-22-89-24-26-91-28-30-93-32-34-95-36-38-97-40-42-99-44-46-101-48-50-103-52-53-104-51-49-102-47-45-100-43-41-98-39-37-96-35-33-94-31-29-92-27-25-90-23-21-88-19-17-86-15-13-84-11-9-81-7-4-69-61(72)56-70(57-62(73)74)58-63(75)76/h59,64-67,77-79H,2-58H2,1H3,(H,68,71)(H,69,72)(H,73,74)(H,75,76)/t59-,64-,65+,66+,67+/m0/s1. The normalized spacial score (nSPS) is 16.0. The summed E-state index contributed by atoms with van der Waals surface area (Å²) in [5, 5.41) is 52.4. The summed E-state index contributed by atoms with van der Waals surface area (Å²) in [5.74, 6) is -3.11. The van der Waals surface area contributed by atoms with Gasteiger partial charge >= 0.3 is 11.9 Å². The van der Waals surface area contributed by atoms with E-state index >= 15 is 0 Å². The molecule has 1 heterocycles. The van der Waals surface area contributed by atoms with Gasteiger partial charge in [0.15, 0.2) is 6.29 Å². The van der Waals surface area contributed by atoms with Gasteiger partial charge < -0.3 is 164 Å². The molecule has 7 N–H and O–H groups in total. The minimum absolute atomic E-state index is 0.0988. The summed E-state index contributed by atoms with van der Waals surface area (Å²) in [7, 11) is 0. The Kier molecular flexibility index (Phi) is 77.0. The number of carboxylic acid groups (broad SMARTS) is 2. The molecule has 39 heteroatoms. The molecule has 1 rings (SSSR count). The van der Waals surface area contributed by atoms with Gasteiger partial charge in [0, 0.05) is 19.5 Å². The lowest BCUT2D eigenvalue weighted by Crippen LogP contribution is -2.57. The third kappa shape index (κ3) is 73.4. The van der Waals surface area contributed by atoms with E-state index in [4.69, 9.17) is 138 Å². The van der Waals surface area contributed by atoms with Crippen molar-refractivity contribution in [1.82, 2.24) is 15.5 Å². The topological polar surface area (TPSA) is 446 Å². The Morgan fingerprint density at radius 1 is 0.264 bits per heavy atom. The van der Waals surface area contributed by atoms with Crippen LogP contribution in [-0.4, -0.2) is 455 Å². The van der Waals surface area contributed by atoms with Crippen LogP contribution in [0.4, 0.5) is 0 Å². The lowest BCUT2D eigenvalue weighted by atomic mass is 10.0. The van der Waals surface area contributed by atoms with Gasteiger partial charge in [-0.1, -0.05) is 0 Å². The Morgan fingerprint density at radius 3 is 0.689 bits per heavy atom. The second kappa shape index (κ2) is 81.1. The molecule has 0 unspecified atom stereocenters. The Bertz CT molecular complexity index is 1880. The predicted molar refractivity (Wildman–Crippen MR) is 371 cm³/mol. The number of ether oxygens (including phenoxy) is 27. The van der Waals surface area contributed by atoms with Crippen molar-refractivity contribution in [3.63, 3.8) is 0 Å². The van der Waals surface area contributed by atoms with Gasteiger partial charge in [0.2, 0.25) is 11.8 Å². The molecule has 0 aromatic rings. The summed E-state index contributed by atoms with van der Waals surface area (Å²) < 4.78 is 148. The molecule has 39 nitrogen and oxygen atoms in total. The minimum atomic E-state index is -1.37. The second-order valence-corrected chi connectivity index (χ2v) is 22.2. The molecule has 1 saturated heterocycles. The Hall–Kier alpha value is -3.36. The minimum Gasteiger partial charge on any atom is -0.480 e. The van der Waals surface area contributed by atoms with Gasteiger partial charge in [-0.25, -0.2) is 0 Å². The number of carbonyl (C=O) groups is 4. The van der Waals surface area contributed by atoms with Crippen LogP contribution < -0.4 is 10.6 Å². The van der Waals surface area contributed by atoms with E-state index in [9.17, 15) is 34.5 Å². The first-order valence-electron chi connectivity index (χ1n) is 36.4. The van der Waals surface area contributed by atoms with E-state index in [2.05, 4.69) is 10.6 Å². The molecular weight excluding hydrogens is 1420 g/mol. The van der Waals surface area contributed by atoms with Crippen molar-refractivity contribution in [2.24, 2.45) is 0 Å². The molecule has 0 aromatic heterocycles. The summed E-state index contributed by atoms with van der Waals surface area (Å²) >= 11 is 0. The maximum atomic E-state index is 12.0. The van der Waals surface area contributed by atoms with E-state index in [0.29, 0.717) is 310 Å². The maximum absolute atomic E-state index is 12.0. The molecule has 0 aromatic carbocycles. The molecule has 0 spiro atoms. The van der Waals surface area contributed by atoms with Crippen molar-refractivity contribution in [3.8, 4) is 0 Å². The summed E-state index contributed by atoms with van der Waals surface area (Å²) in [6.07, 6.45) is -5.46. The monoisotopic (exact) mass is 1550 g/mol. The van der Waals surface area contributed by atoms with Crippen molar-refractivity contribution < 1.29 is 173 Å². The summed E-state index contributed by atoms with van der Waals surface area (Å²) in [6.45, 7) is 21.8. The lowest BCUT2D eigenvalue weighted by molar-refractivity contribution is -0.294. The quantitative estimate of drug-likeness (QED) is 0.0289. The smallest absolute Gasteiger partial charge is 0.317 e. The third-order valence-electron chi connectivity index (χ3n) is 13.6. The zero-order valence-electron chi connectivity index (χ0n) is 62.5. The van der Waals surface area contributed by atoms with Crippen LogP contribution in [0.2, 0.25) is 0 Å². The largest absolute Gasteiger partial charge is 0.480 e. The second-order valence-electron chi connectivity index (χ2n) is 22.2. The van der Waals surface area contributed by atoms with E-state index in [-0.39, 0.29) is 58.5 Å². The number of aliphatic hydroxyl groups is 3. The Morgan fingerprint density at radius 2 is 0.462 bits per heavy atom. The molecule has 1 fully saturated rings. The van der Waals surface area contributed by atoms with Gasteiger partial charge in [-0.2, -0.15) is 0 Å². The highest BCUT2D eigenvalue weighted by molar-refractivity contribution is 5.80. The summed E-state index contributed by atoms with van der Waals surface area (Å²) in [5.41, 5.74) is 0. The number of aliphatic hydroxyl groups excluding tert-OH is 3.